The number of aliphatic carboxylic acids is 1. The Morgan fingerprint density at radius 3 is 2.38 bits per heavy atom. The number of carbonyl (C=O) groups is 3. The molecule has 1 aromatic carbocycles. The third-order valence-electron chi connectivity index (χ3n) is 3.25. The summed E-state index contributed by atoms with van der Waals surface area (Å²) in [5, 5.41) is 11.5. The van der Waals surface area contributed by atoms with Crippen LogP contribution in [0.4, 0.5) is 0 Å². The Kier molecular flexibility index (Phi) is 5.48. The van der Waals surface area contributed by atoms with Crippen LogP contribution in [0, 0.1) is 0 Å². The van der Waals surface area contributed by atoms with Gasteiger partial charge in [0.15, 0.2) is 0 Å². The molecule has 0 saturated heterocycles. The van der Waals surface area contributed by atoms with Crippen LogP contribution >= 0.6 is 15.9 Å². The molecular weight excluding hydrogens is 340 g/mol. The van der Waals surface area contributed by atoms with Crippen molar-refractivity contribution in [3.05, 3.63) is 34.3 Å². The van der Waals surface area contributed by atoms with Gasteiger partial charge in [0.1, 0.15) is 5.54 Å². The molecular formula is C14H17BrN2O4. The zero-order valence-electron chi connectivity index (χ0n) is 12.0. The van der Waals surface area contributed by atoms with E-state index >= 15 is 0 Å². The highest BCUT2D eigenvalue weighted by atomic mass is 79.9. The molecule has 1 rings (SSSR count). The molecule has 2 N–H and O–H groups in total. The smallest absolute Gasteiger partial charge is 0.329 e. The van der Waals surface area contributed by atoms with Crippen molar-refractivity contribution in [1.29, 1.82) is 0 Å². The number of nitrogens with one attached hydrogen (secondary N) is 1. The van der Waals surface area contributed by atoms with Gasteiger partial charge in [0.25, 0.3) is 5.91 Å². The number of benzene rings is 1. The first-order valence-corrected chi connectivity index (χ1v) is 7.00. The van der Waals surface area contributed by atoms with Gasteiger partial charge in [-0.15, -0.1) is 0 Å². The van der Waals surface area contributed by atoms with Crippen LogP contribution in [0.1, 0.15) is 24.2 Å². The van der Waals surface area contributed by atoms with Gasteiger partial charge in [0.2, 0.25) is 5.91 Å². The number of halogens is 1. The average molecular weight is 357 g/mol. The van der Waals surface area contributed by atoms with Crippen molar-refractivity contribution < 1.29 is 19.5 Å². The molecule has 0 aliphatic rings. The molecule has 1 aromatic rings. The Hall–Kier alpha value is -1.89. The lowest BCUT2D eigenvalue weighted by Crippen LogP contribution is -2.53. The summed E-state index contributed by atoms with van der Waals surface area (Å²) in [5.74, 6) is -2.00. The number of hydrogen-bond donors (Lipinski definition) is 2. The van der Waals surface area contributed by atoms with E-state index in [4.69, 9.17) is 5.11 Å². The third-order valence-corrected chi connectivity index (χ3v) is 3.95. The van der Waals surface area contributed by atoms with Gasteiger partial charge >= 0.3 is 5.97 Å². The molecule has 0 unspecified atom stereocenters. The van der Waals surface area contributed by atoms with Crippen molar-refractivity contribution in [1.82, 2.24) is 10.2 Å². The van der Waals surface area contributed by atoms with Gasteiger partial charge in [0.05, 0.1) is 12.1 Å². The minimum atomic E-state index is -1.34. The van der Waals surface area contributed by atoms with Crippen LogP contribution in [-0.4, -0.2) is 46.9 Å². The largest absolute Gasteiger partial charge is 0.480 e. The number of likely N-dealkylation sites (N-methyl/N-ethyl adjacent to an activating group) is 1. The fraction of sp³-hybridized carbons (Fsp3) is 0.357. The average Bonchev–Trinajstić information content (AvgIpc) is 2.43. The monoisotopic (exact) mass is 356 g/mol. The number of carboxylic acid groups (broad SMARTS) is 1. The Labute approximate surface area is 131 Å². The molecule has 0 atom stereocenters. The molecule has 0 aromatic heterocycles. The molecule has 0 bridgehead atoms. The molecule has 114 valence electrons. The van der Waals surface area contributed by atoms with E-state index in [1.807, 2.05) is 0 Å². The van der Waals surface area contributed by atoms with Crippen LogP contribution in [-0.2, 0) is 9.59 Å². The molecule has 0 radical (unpaired) electrons. The molecule has 0 aliphatic heterocycles. The quantitative estimate of drug-likeness (QED) is 0.836. The highest BCUT2D eigenvalue weighted by Gasteiger charge is 2.35. The second-order valence-electron chi connectivity index (χ2n) is 4.98. The van der Waals surface area contributed by atoms with Crippen molar-refractivity contribution in [3.63, 3.8) is 0 Å². The van der Waals surface area contributed by atoms with Gasteiger partial charge in [-0.3, -0.25) is 9.59 Å². The highest BCUT2D eigenvalue weighted by Crippen LogP contribution is 2.16. The van der Waals surface area contributed by atoms with Crippen molar-refractivity contribution in [2.24, 2.45) is 0 Å². The normalized spacial score (nSPS) is 10.9. The minimum Gasteiger partial charge on any atom is -0.480 e. The Balaban J connectivity index is 2.68. The molecule has 21 heavy (non-hydrogen) atoms. The summed E-state index contributed by atoms with van der Waals surface area (Å²) in [5.41, 5.74) is -0.930. The van der Waals surface area contributed by atoms with E-state index in [0.717, 1.165) is 4.90 Å². The highest BCUT2D eigenvalue weighted by molar-refractivity contribution is 9.10. The maximum absolute atomic E-state index is 12.0. The van der Waals surface area contributed by atoms with Crippen LogP contribution in [0.3, 0.4) is 0 Å². The number of carbonyl (C=O) groups excluding carboxylic acids is 2. The number of rotatable bonds is 5. The minimum absolute atomic E-state index is 0.270. The van der Waals surface area contributed by atoms with Crippen LogP contribution in [0.25, 0.3) is 0 Å². The first-order valence-electron chi connectivity index (χ1n) is 6.20. The number of carboxylic acids is 1. The van der Waals surface area contributed by atoms with Crippen molar-refractivity contribution in [2.75, 3.05) is 13.6 Å². The fourth-order valence-electron chi connectivity index (χ4n) is 1.47. The second kappa shape index (κ2) is 6.71. The van der Waals surface area contributed by atoms with E-state index in [1.165, 1.54) is 20.9 Å². The van der Waals surface area contributed by atoms with Gasteiger partial charge in [0, 0.05) is 11.5 Å². The van der Waals surface area contributed by atoms with E-state index in [0.29, 0.717) is 10.0 Å². The van der Waals surface area contributed by atoms with E-state index in [2.05, 4.69) is 21.2 Å². The second-order valence-corrected chi connectivity index (χ2v) is 5.83. The fourth-order valence-corrected chi connectivity index (χ4v) is 1.94. The summed E-state index contributed by atoms with van der Waals surface area (Å²) >= 11 is 3.25. The molecule has 0 aliphatic carbocycles. The van der Waals surface area contributed by atoms with Gasteiger partial charge in [-0.1, -0.05) is 12.1 Å². The summed E-state index contributed by atoms with van der Waals surface area (Å²) in [6.07, 6.45) is 0. The Morgan fingerprint density at radius 2 is 1.86 bits per heavy atom. The lowest BCUT2D eigenvalue weighted by atomic mass is 10.0. The Bertz CT molecular complexity index is 572. The van der Waals surface area contributed by atoms with Crippen LogP contribution in [0.15, 0.2) is 28.7 Å². The predicted octanol–water partition coefficient (Wildman–Crippen LogP) is 1.50. The lowest BCUT2D eigenvalue weighted by molar-refractivity contribution is -0.154. The van der Waals surface area contributed by atoms with Crippen molar-refractivity contribution in [2.45, 2.75) is 19.4 Å². The molecule has 0 heterocycles. The zero-order valence-corrected chi connectivity index (χ0v) is 13.6. The van der Waals surface area contributed by atoms with E-state index in [1.54, 1.807) is 24.3 Å². The van der Waals surface area contributed by atoms with E-state index < -0.39 is 23.3 Å². The predicted molar refractivity (Wildman–Crippen MR) is 81.0 cm³/mol. The van der Waals surface area contributed by atoms with Crippen LogP contribution in [0.5, 0.6) is 0 Å². The van der Waals surface area contributed by atoms with Crippen LogP contribution in [0.2, 0.25) is 0 Å². The van der Waals surface area contributed by atoms with Crippen molar-refractivity contribution >= 4 is 33.7 Å². The molecule has 6 nitrogen and oxygen atoms in total. The topological polar surface area (TPSA) is 86.7 Å². The first kappa shape index (κ1) is 17.2. The van der Waals surface area contributed by atoms with Crippen LogP contribution < -0.4 is 5.32 Å². The molecule has 0 fully saturated rings. The molecule has 0 saturated carbocycles. The summed E-state index contributed by atoms with van der Waals surface area (Å²) < 4.78 is 0.620. The van der Waals surface area contributed by atoms with Crippen molar-refractivity contribution in [3.8, 4) is 0 Å². The summed E-state index contributed by atoms with van der Waals surface area (Å²) in [7, 11) is 1.39. The summed E-state index contributed by atoms with van der Waals surface area (Å²) in [6, 6.07) is 6.82. The maximum atomic E-state index is 12.0. The summed E-state index contributed by atoms with van der Waals surface area (Å²) in [4.78, 5) is 36.1. The van der Waals surface area contributed by atoms with E-state index in [9.17, 15) is 14.4 Å². The lowest BCUT2D eigenvalue weighted by Gasteiger charge is -2.31. The molecule has 2 amide bonds. The number of nitrogens with zero attached hydrogens (tertiary/aromatic N) is 1. The number of hydrogen-bond acceptors (Lipinski definition) is 3. The first-order chi connectivity index (χ1) is 9.67. The SMILES string of the molecule is CN(C(=O)CNC(=O)c1ccccc1Br)C(C)(C)C(=O)O. The molecule has 7 heteroatoms. The zero-order chi connectivity index (χ0) is 16.2. The van der Waals surface area contributed by atoms with Gasteiger partial charge in [-0.25, -0.2) is 4.79 Å². The Morgan fingerprint density at radius 1 is 1.29 bits per heavy atom. The van der Waals surface area contributed by atoms with Gasteiger partial charge < -0.3 is 15.3 Å². The van der Waals surface area contributed by atoms with Gasteiger partial charge in [-0.05, 0) is 41.9 Å². The molecule has 0 spiro atoms. The maximum Gasteiger partial charge on any atom is 0.329 e. The third kappa shape index (κ3) is 4.04. The van der Waals surface area contributed by atoms with Gasteiger partial charge in [-0.2, -0.15) is 0 Å². The summed E-state index contributed by atoms with van der Waals surface area (Å²) in [6.45, 7) is 2.57. The number of amides is 2. The van der Waals surface area contributed by atoms with E-state index in [-0.39, 0.29) is 6.54 Å². The standard InChI is InChI=1S/C14H17BrN2O4/c1-14(2,13(20)21)17(3)11(18)8-16-12(19)9-6-4-5-7-10(9)15/h4-7H,8H2,1-3H3,(H,16,19)(H,20,21).